The molecule has 28 heavy (non-hydrogen) atoms. The van der Waals surface area contributed by atoms with Crippen molar-refractivity contribution in [2.24, 2.45) is 5.92 Å². The summed E-state index contributed by atoms with van der Waals surface area (Å²) in [6.07, 6.45) is 2.40. The van der Waals surface area contributed by atoms with Gasteiger partial charge in [0.1, 0.15) is 19.3 Å². The minimum Gasteiger partial charge on any atom is -0.475 e. The summed E-state index contributed by atoms with van der Waals surface area (Å²) in [6, 6.07) is 10.2. The molecule has 4 rings (SSSR count). The monoisotopic (exact) mass is 380 g/mol. The van der Waals surface area contributed by atoms with Crippen LogP contribution in [0.25, 0.3) is 0 Å². The fraction of sp³-hybridized carbons (Fsp3) is 0.455. The molecule has 146 valence electrons. The Labute approximate surface area is 165 Å². The van der Waals surface area contributed by atoms with Gasteiger partial charge in [-0.2, -0.15) is 4.98 Å². The van der Waals surface area contributed by atoms with Gasteiger partial charge >= 0.3 is 6.01 Å². The van der Waals surface area contributed by atoms with Crippen molar-refractivity contribution in [2.45, 2.75) is 32.5 Å². The van der Waals surface area contributed by atoms with Gasteiger partial charge in [0.05, 0.1) is 19.8 Å². The molecule has 1 aromatic heterocycles. The molecular formula is C22H24N2O4. The van der Waals surface area contributed by atoms with Crippen LogP contribution in [0.4, 0.5) is 0 Å². The highest BCUT2D eigenvalue weighted by atomic mass is 16.6. The van der Waals surface area contributed by atoms with Gasteiger partial charge in [0.2, 0.25) is 5.88 Å². The van der Waals surface area contributed by atoms with Crippen molar-refractivity contribution in [1.29, 1.82) is 0 Å². The third-order valence-electron chi connectivity index (χ3n) is 4.43. The van der Waals surface area contributed by atoms with Crippen molar-refractivity contribution in [2.75, 3.05) is 26.4 Å². The molecule has 6 heteroatoms. The number of rotatable bonds is 6. The van der Waals surface area contributed by atoms with Crippen molar-refractivity contribution < 1.29 is 18.9 Å². The van der Waals surface area contributed by atoms with Crippen molar-refractivity contribution in [3.8, 4) is 23.7 Å². The number of aromatic nitrogens is 2. The van der Waals surface area contributed by atoms with E-state index in [-0.39, 0.29) is 6.10 Å². The number of aryl methyl sites for hydroxylation is 1. The Bertz CT molecular complexity index is 847. The molecule has 0 spiro atoms. The summed E-state index contributed by atoms with van der Waals surface area (Å²) in [5.41, 5.74) is 2.86. The SMILES string of the molecule is Cc1cc(OC[C@H]2COCCO2)nc(OCc2ccc(C#CC3CC3)cc2)n1. The van der Waals surface area contributed by atoms with Gasteiger partial charge in [-0.25, -0.2) is 4.98 Å². The van der Waals surface area contributed by atoms with Crippen molar-refractivity contribution in [3.05, 3.63) is 47.2 Å². The van der Waals surface area contributed by atoms with Crippen LogP contribution in [-0.4, -0.2) is 42.5 Å². The Balaban J connectivity index is 1.31. The number of hydrogen-bond acceptors (Lipinski definition) is 6. The Morgan fingerprint density at radius 1 is 1.11 bits per heavy atom. The molecule has 2 fully saturated rings. The molecule has 1 saturated carbocycles. The Morgan fingerprint density at radius 3 is 2.71 bits per heavy atom. The highest BCUT2D eigenvalue weighted by Gasteiger charge is 2.18. The van der Waals surface area contributed by atoms with Gasteiger partial charge in [0.25, 0.3) is 0 Å². The van der Waals surface area contributed by atoms with Gasteiger partial charge in [-0.15, -0.1) is 0 Å². The second kappa shape index (κ2) is 9.05. The molecular weight excluding hydrogens is 356 g/mol. The first kappa shape index (κ1) is 18.7. The van der Waals surface area contributed by atoms with Crippen molar-refractivity contribution >= 4 is 0 Å². The zero-order chi connectivity index (χ0) is 19.2. The third kappa shape index (κ3) is 5.69. The number of ether oxygens (including phenoxy) is 4. The highest BCUT2D eigenvalue weighted by molar-refractivity contribution is 5.37. The maximum atomic E-state index is 5.76. The van der Waals surface area contributed by atoms with Crippen LogP contribution >= 0.6 is 0 Å². The van der Waals surface area contributed by atoms with E-state index < -0.39 is 0 Å². The van der Waals surface area contributed by atoms with Crippen molar-refractivity contribution in [1.82, 2.24) is 9.97 Å². The summed E-state index contributed by atoms with van der Waals surface area (Å²) in [5.74, 6) is 7.56. The van der Waals surface area contributed by atoms with Crippen LogP contribution in [0.15, 0.2) is 30.3 Å². The van der Waals surface area contributed by atoms with Gasteiger partial charge in [0, 0.05) is 23.2 Å². The lowest BCUT2D eigenvalue weighted by atomic mass is 10.1. The summed E-state index contributed by atoms with van der Waals surface area (Å²) in [7, 11) is 0. The lowest BCUT2D eigenvalue weighted by Crippen LogP contribution is -2.33. The fourth-order valence-corrected chi connectivity index (χ4v) is 2.71. The highest BCUT2D eigenvalue weighted by Crippen LogP contribution is 2.27. The van der Waals surface area contributed by atoms with E-state index in [1.165, 1.54) is 12.8 Å². The molecule has 0 N–H and O–H groups in total. The van der Waals surface area contributed by atoms with E-state index in [0.29, 0.717) is 50.8 Å². The van der Waals surface area contributed by atoms with Gasteiger partial charge in [0.15, 0.2) is 0 Å². The van der Waals surface area contributed by atoms with E-state index in [0.717, 1.165) is 16.8 Å². The van der Waals surface area contributed by atoms with Crippen LogP contribution < -0.4 is 9.47 Å². The molecule has 2 aromatic rings. The van der Waals surface area contributed by atoms with E-state index in [1.807, 2.05) is 31.2 Å². The van der Waals surface area contributed by atoms with Crippen LogP contribution in [0.1, 0.15) is 29.7 Å². The van der Waals surface area contributed by atoms with E-state index in [9.17, 15) is 0 Å². The number of hydrogen-bond donors (Lipinski definition) is 0. The maximum Gasteiger partial charge on any atom is 0.320 e. The van der Waals surface area contributed by atoms with Crippen LogP contribution in [0.5, 0.6) is 11.9 Å². The first-order chi connectivity index (χ1) is 13.7. The third-order valence-corrected chi connectivity index (χ3v) is 4.43. The fourth-order valence-electron chi connectivity index (χ4n) is 2.71. The smallest absolute Gasteiger partial charge is 0.320 e. The molecule has 2 heterocycles. The second-order valence-electron chi connectivity index (χ2n) is 7.04. The normalized spacial score (nSPS) is 18.8. The minimum atomic E-state index is -0.0741. The zero-order valence-corrected chi connectivity index (χ0v) is 16.0. The zero-order valence-electron chi connectivity index (χ0n) is 16.0. The topological polar surface area (TPSA) is 62.7 Å². The molecule has 1 atom stereocenters. The molecule has 0 amide bonds. The predicted molar refractivity (Wildman–Crippen MR) is 103 cm³/mol. The Morgan fingerprint density at radius 2 is 1.96 bits per heavy atom. The summed E-state index contributed by atoms with van der Waals surface area (Å²) >= 11 is 0. The first-order valence-electron chi connectivity index (χ1n) is 9.66. The lowest BCUT2D eigenvalue weighted by molar-refractivity contribution is -0.102. The molecule has 1 aliphatic carbocycles. The van der Waals surface area contributed by atoms with Crippen LogP contribution in [0.3, 0.4) is 0 Å². The standard InChI is InChI=1S/C22H24N2O4/c1-16-12-21(27-15-20-14-25-10-11-26-20)24-22(23-16)28-13-19-8-6-18(7-9-19)5-4-17-2-3-17/h6-9,12,17,20H,2-3,10-11,13-15H2,1H3/t20-/m1/s1. The van der Waals surface area contributed by atoms with Crippen LogP contribution in [0.2, 0.25) is 0 Å². The molecule has 1 aromatic carbocycles. The van der Waals surface area contributed by atoms with Gasteiger partial charge in [-0.05, 0) is 37.5 Å². The lowest BCUT2D eigenvalue weighted by Gasteiger charge is -2.22. The largest absolute Gasteiger partial charge is 0.475 e. The Kier molecular flexibility index (Phi) is 6.05. The average Bonchev–Trinajstić information content (AvgIpc) is 3.55. The summed E-state index contributed by atoms with van der Waals surface area (Å²) in [6.45, 7) is 4.42. The first-order valence-corrected chi connectivity index (χ1v) is 9.66. The molecule has 1 aliphatic heterocycles. The molecule has 2 aliphatic rings. The molecule has 0 unspecified atom stereocenters. The molecule has 0 radical (unpaired) electrons. The molecule has 0 bridgehead atoms. The van der Waals surface area contributed by atoms with Crippen LogP contribution in [-0.2, 0) is 16.1 Å². The van der Waals surface area contributed by atoms with E-state index in [2.05, 4.69) is 21.8 Å². The predicted octanol–water partition coefficient (Wildman–Crippen LogP) is 2.92. The molecule has 6 nitrogen and oxygen atoms in total. The molecule has 1 saturated heterocycles. The van der Waals surface area contributed by atoms with Crippen LogP contribution in [0, 0.1) is 24.7 Å². The van der Waals surface area contributed by atoms with Gasteiger partial charge in [-0.1, -0.05) is 24.0 Å². The quantitative estimate of drug-likeness (QED) is 0.718. The number of benzene rings is 1. The van der Waals surface area contributed by atoms with Gasteiger partial charge < -0.3 is 18.9 Å². The van der Waals surface area contributed by atoms with E-state index >= 15 is 0 Å². The maximum absolute atomic E-state index is 5.76. The van der Waals surface area contributed by atoms with Gasteiger partial charge in [-0.3, -0.25) is 0 Å². The van der Waals surface area contributed by atoms with E-state index in [1.54, 1.807) is 6.07 Å². The minimum absolute atomic E-state index is 0.0741. The number of nitrogens with zero attached hydrogens (tertiary/aromatic N) is 2. The average molecular weight is 380 g/mol. The van der Waals surface area contributed by atoms with Crippen molar-refractivity contribution in [3.63, 3.8) is 0 Å². The summed E-state index contributed by atoms with van der Waals surface area (Å²) < 4.78 is 22.4. The summed E-state index contributed by atoms with van der Waals surface area (Å²) in [4.78, 5) is 8.66. The van der Waals surface area contributed by atoms with E-state index in [4.69, 9.17) is 18.9 Å². The second-order valence-corrected chi connectivity index (χ2v) is 7.04. The summed E-state index contributed by atoms with van der Waals surface area (Å²) in [5, 5.41) is 0. The Hall–Kier alpha value is -2.62.